The highest BCUT2D eigenvalue weighted by atomic mass is 16.2. The summed E-state index contributed by atoms with van der Waals surface area (Å²) < 4.78 is 1.38. The van der Waals surface area contributed by atoms with E-state index in [0.29, 0.717) is 12.3 Å². The van der Waals surface area contributed by atoms with E-state index >= 15 is 0 Å². The van der Waals surface area contributed by atoms with Crippen LogP contribution in [0.2, 0.25) is 0 Å². The molecule has 0 radical (unpaired) electrons. The van der Waals surface area contributed by atoms with Crippen molar-refractivity contribution in [1.82, 2.24) is 19.9 Å². The number of likely N-dealkylation sites (N-methyl/N-ethyl adjacent to an activating group) is 1. The van der Waals surface area contributed by atoms with Crippen LogP contribution in [-0.2, 0) is 11.3 Å². The highest BCUT2D eigenvalue weighted by molar-refractivity contribution is 5.76. The number of hydrogen-bond donors (Lipinski definition) is 0. The minimum Gasteiger partial charge on any atom is -0.341 e. The molecule has 1 heterocycles. The predicted molar refractivity (Wildman–Crippen MR) is 51.2 cm³/mol. The molecule has 80 valence electrons. The molecule has 1 amide bonds. The Bertz CT molecular complexity index is 383. The van der Waals surface area contributed by atoms with Crippen LogP contribution in [0.1, 0.15) is 23.3 Å². The van der Waals surface area contributed by atoms with Crippen molar-refractivity contribution in [2.45, 2.75) is 25.4 Å². The molecule has 0 saturated heterocycles. The van der Waals surface area contributed by atoms with Crippen LogP contribution < -0.4 is 0 Å². The Kier molecular flexibility index (Phi) is 2.49. The molecule has 0 unspecified atom stereocenters. The lowest BCUT2D eigenvalue weighted by molar-refractivity contribution is -0.131. The second kappa shape index (κ2) is 3.80. The Balaban J connectivity index is 1.95. The fraction of sp³-hybridized carbons (Fsp3) is 0.556. The van der Waals surface area contributed by atoms with E-state index in [1.807, 2.05) is 0 Å². The van der Waals surface area contributed by atoms with Gasteiger partial charge in [-0.2, -0.15) is 0 Å². The van der Waals surface area contributed by atoms with Gasteiger partial charge in [-0.3, -0.25) is 9.59 Å². The molecule has 1 aromatic rings. The third-order valence-electron chi connectivity index (χ3n) is 2.46. The topological polar surface area (TPSA) is 68.1 Å². The molecule has 0 atom stereocenters. The molecule has 1 saturated carbocycles. The van der Waals surface area contributed by atoms with Gasteiger partial charge in [0.15, 0.2) is 6.29 Å². The van der Waals surface area contributed by atoms with Gasteiger partial charge in [0, 0.05) is 13.1 Å². The SMILES string of the molecule is CN(C(=O)Cn1cc(C=O)nn1)C1CC1. The Labute approximate surface area is 86.9 Å². The summed E-state index contributed by atoms with van der Waals surface area (Å²) in [6, 6.07) is 0.395. The van der Waals surface area contributed by atoms with Gasteiger partial charge in [0.25, 0.3) is 0 Å². The van der Waals surface area contributed by atoms with Gasteiger partial charge in [0.05, 0.1) is 6.20 Å². The van der Waals surface area contributed by atoms with Gasteiger partial charge in [-0.25, -0.2) is 4.68 Å². The highest BCUT2D eigenvalue weighted by Gasteiger charge is 2.29. The molecule has 0 spiro atoms. The summed E-state index contributed by atoms with van der Waals surface area (Å²) in [5, 5.41) is 7.26. The van der Waals surface area contributed by atoms with Gasteiger partial charge >= 0.3 is 0 Å². The van der Waals surface area contributed by atoms with Crippen molar-refractivity contribution in [3.05, 3.63) is 11.9 Å². The smallest absolute Gasteiger partial charge is 0.244 e. The van der Waals surface area contributed by atoms with Gasteiger partial charge in [-0.05, 0) is 12.8 Å². The number of nitrogens with zero attached hydrogens (tertiary/aromatic N) is 4. The lowest BCUT2D eigenvalue weighted by atomic mass is 10.4. The molecule has 0 aromatic carbocycles. The van der Waals surface area contributed by atoms with E-state index in [9.17, 15) is 9.59 Å². The van der Waals surface area contributed by atoms with Crippen molar-refractivity contribution in [2.75, 3.05) is 7.05 Å². The highest BCUT2D eigenvalue weighted by Crippen LogP contribution is 2.25. The van der Waals surface area contributed by atoms with Gasteiger partial charge in [0.2, 0.25) is 5.91 Å². The zero-order valence-corrected chi connectivity index (χ0v) is 8.46. The average molecular weight is 208 g/mol. The molecule has 1 fully saturated rings. The molecular weight excluding hydrogens is 196 g/mol. The minimum atomic E-state index is -0.000140. The summed E-state index contributed by atoms with van der Waals surface area (Å²) >= 11 is 0. The number of rotatable bonds is 4. The van der Waals surface area contributed by atoms with Crippen LogP contribution in [0.15, 0.2) is 6.20 Å². The van der Waals surface area contributed by atoms with Crippen molar-refractivity contribution in [1.29, 1.82) is 0 Å². The van der Waals surface area contributed by atoms with Crippen LogP contribution >= 0.6 is 0 Å². The second-order valence-corrected chi connectivity index (χ2v) is 3.69. The molecule has 1 aliphatic rings. The quantitative estimate of drug-likeness (QED) is 0.638. The standard InChI is InChI=1S/C9H12N4O2/c1-12(8-2-3-8)9(15)5-13-4-7(6-14)10-11-13/h4,6,8H,2-3,5H2,1H3. The maximum atomic E-state index is 11.6. The van der Waals surface area contributed by atoms with E-state index in [4.69, 9.17) is 0 Å². The minimum absolute atomic E-state index is 0.000140. The van der Waals surface area contributed by atoms with Crippen LogP contribution in [0.5, 0.6) is 0 Å². The molecular formula is C9H12N4O2. The van der Waals surface area contributed by atoms with Crippen LogP contribution in [0.3, 0.4) is 0 Å². The molecule has 2 rings (SSSR count). The molecule has 6 heteroatoms. The Hall–Kier alpha value is -1.72. The molecule has 6 nitrogen and oxygen atoms in total. The van der Waals surface area contributed by atoms with Crippen LogP contribution in [0.25, 0.3) is 0 Å². The van der Waals surface area contributed by atoms with Crippen molar-refractivity contribution < 1.29 is 9.59 Å². The summed E-state index contributed by atoms with van der Waals surface area (Å²) in [5.74, 6) is -0.000140. The Morgan fingerprint density at radius 2 is 2.47 bits per heavy atom. The van der Waals surface area contributed by atoms with E-state index < -0.39 is 0 Å². The monoisotopic (exact) mass is 208 g/mol. The van der Waals surface area contributed by atoms with Crippen LogP contribution in [-0.4, -0.2) is 45.2 Å². The zero-order chi connectivity index (χ0) is 10.8. The molecule has 1 aromatic heterocycles. The number of hydrogen-bond acceptors (Lipinski definition) is 4. The lowest BCUT2D eigenvalue weighted by Gasteiger charge is -2.15. The third kappa shape index (κ3) is 2.20. The fourth-order valence-corrected chi connectivity index (χ4v) is 1.36. The van der Waals surface area contributed by atoms with Crippen LogP contribution in [0, 0.1) is 0 Å². The van der Waals surface area contributed by atoms with Gasteiger partial charge < -0.3 is 4.90 Å². The van der Waals surface area contributed by atoms with Crippen molar-refractivity contribution in [3.63, 3.8) is 0 Å². The van der Waals surface area contributed by atoms with Gasteiger partial charge in [0.1, 0.15) is 12.2 Å². The predicted octanol–water partition coefficient (Wildman–Crippen LogP) is -0.289. The molecule has 0 bridgehead atoms. The molecule has 0 aliphatic heterocycles. The molecule has 0 N–H and O–H groups in total. The number of carbonyl (C=O) groups is 2. The first kappa shape index (κ1) is 9.82. The summed E-state index contributed by atoms with van der Waals surface area (Å²) in [5.41, 5.74) is 0.247. The van der Waals surface area contributed by atoms with Gasteiger partial charge in [-0.1, -0.05) is 5.21 Å². The van der Waals surface area contributed by atoms with E-state index in [-0.39, 0.29) is 18.1 Å². The summed E-state index contributed by atoms with van der Waals surface area (Å²) in [7, 11) is 1.79. The average Bonchev–Trinajstić information content (AvgIpc) is 2.98. The first-order chi connectivity index (χ1) is 7.20. The Morgan fingerprint density at radius 3 is 3.00 bits per heavy atom. The molecule has 1 aliphatic carbocycles. The maximum absolute atomic E-state index is 11.6. The number of carbonyl (C=O) groups excluding carboxylic acids is 2. The summed E-state index contributed by atoms with van der Waals surface area (Å²) in [6.45, 7) is 0.147. The van der Waals surface area contributed by atoms with Crippen molar-refractivity contribution in [2.24, 2.45) is 0 Å². The first-order valence-electron chi connectivity index (χ1n) is 4.81. The maximum Gasteiger partial charge on any atom is 0.244 e. The van der Waals surface area contributed by atoms with E-state index in [1.54, 1.807) is 11.9 Å². The number of aldehydes is 1. The third-order valence-corrected chi connectivity index (χ3v) is 2.46. The van der Waals surface area contributed by atoms with E-state index in [1.165, 1.54) is 10.9 Å². The fourth-order valence-electron chi connectivity index (χ4n) is 1.36. The number of aromatic nitrogens is 3. The first-order valence-corrected chi connectivity index (χ1v) is 4.81. The van der Waals surface area contributed by atoms with Crippen molar-refractivity contribution in [3.8, 4) is 0 Å². The Morgan fingerprint density at radius 1 is 1.73 bits per heavy atom. The van der Waals surface area contributed by atoms with Crippen molar-refractivity contribution >= 4 is 12.2 Å². The summed E-state index contributed by atoms with van der Waals surface area (Å²) in [4.78, 5) is 23.7. The van der Waals surface area contributed by atoms with E-state index in [0.717, 1.165) is 12.8 Å². The van der Waals surface area contributed by atoms with Crippen LogP contribution in [0.4, 0.5) is 0 Å². The second-order valence-electron chi connectivity index (χ2n) is 3.69. The summed E-state index contributed by atoms with van der Waals surface area (Å²) in [6.07, 6.45) is 4.24. The largest absolute Gasteiger partial charge is 0.341 e. The lowest BCUT2D eigenvalue weighted by Crippen LogP contribution is -2.32. The molecule has 15 heavy (non-hydrogen) atoms. The number of amides is 1. The van der Waals surface area contributed by atoms with Gasteiger partial charge in [-0.15, -0.1) is 5.10 Å². The zero-order valence-electron chi connectivity index (χ0n) is 8.46. The van der Waals surface area contributed by atoms with E-state index in [2.05, 4.69) is 10.3 Å². The normalized spacial score (nSPS) is 15.0.